The number of carbonyl (C=O) groups is 1. The highest BCUT2D eigenvalue weighted by Gasteiger charge is 2.20. The maximum atomic E-state index is 13.0. The van der Waals surface area contributed by atoms with Crippen molar-refractivity contribution in [2.24, 2.45) is 0 Å². The van der Waals surface area contributed by atoms with Gasteiger partial charge in [0.25, 0.3) is 10.0 Å². The summed E-state index contributed by atoms with van der Waals surface area (Å²) in [5.41, 5.74) is 8.23. The lowest BCUT2D eigenvalue weighted by molar-refractivity contribution is 0.0691. The Morgan fingerprint density at radius 3 is 2.52 bits per heavy atom. The summed E-state index contributed by atoms with van der Waals surface area (Å²) in [7, 11) is -3.83. The van der Waals surface area contributed by atoms with Gasteiger partial charge >= 0.3 is 5.97 Å². The van der Waals surface area contributed by atoms with E-state index in [-0.39, 0.29) is 16.3 Å². The van der Waals surface area contributed by atoms with Gasteiger partial charge in [0.05, 0.1) is 16.3 Å². The standard InChI is InChI=1S/C22H18IN3O4S/c1-13-14(2)20(10-9-17(13)23)31(29,30)26-19-6-4-3-5-16(19)8-7-15-11-18(24)21(22(27)28)25-12-15/h3-6,9-12,26H,24H2,1-2H3,(H,27,28). The minimum absolute atomic E-state index is 0.00200. The first-order valence-corrected chi connectivity index (χ1v) is 11.5. The van der Waals surface area contributed by atoms with E-state index in [1.54, 1.807) is 43.3 Å². The number of nitrogens with one attached hydrogen (secondary N) is 1. The molecule has 9 heteroatoms. The van der Waals surface area contributed by atoms with E-state index >= 15 is 0 Å². The summed E-state index contributed by atoms with van der Waals surface area (Å²) in [6, 6.07) is 11.5. The number of aromatic carboxylic acids is 1. The minimum atomic E-state index is -3.83. The number of para-hydroxylation sites is 1. The van der Waals surface area contributed by atoms with Gasteiger partial charge in [0.1, 0.15) is 0 Å². The predicted octanol–water partition coefficient (Wildman–Crippen LogP) is 3.78. The molecule has 158 valence electrons. The molecule has 2 aromatic carbocycles. The van der Waals surface area contributed by atoms with Crippen molar-refractivity contribution >= 4 is 50.0 Å². The molecule has 0 fully saturated rings. The topological polar surface area (TPSA) is 122 Å². The Hall–Kier alpha value is -3.10. The monoisotopic (exact) mass is 547 g/mol. The first-order chi connectivity index (χ1) is 14.6. The Balaban J connectivity index is 1.96. The van der Waals surface area contributed by atoms with Crippen molar-refractivity contribution in [3.05, 3.63) is 80.2 Å². The number of anilines is 2. The maximum Gasteiger partial charge on any atom is 0.356 e. The number of benzene rings is 2. The summed E-state index contributed by atoms with van der Waals surface area (Å²) in [4.78, 5) is 15.0. The molecule has 0 aliphatic heterocycles. The molecule has 0 unspecified atom stereocenters. The smallest absolute Gasteiger partial charge is 0.356 e. The van der Waals surface area contributed by atoms with Crippen molar-refractivity contribution in [3.63, 3.8) is 0 Å². The Kier molecular flexibility index (Phi) is 6.52. The summed E-state index contributed by atoms with van der Waals surface area (Å²) < 4.78 is 29.6. The van der Waals surface area contributed by atoms with Gasteiger partial charge in [0.15, 0.2) is 5.69 Å². The van der Waals surface area contributed by atoms with Gasteiger partial charge in [0, 0.05) is 20.9 Å². The zero-order valence-corrected chi connectivity index (χ0v) is 19.6. The zero-order chi connectivity index (χ0) is 22.8. The summed E-state index contributed by atoms with van der Waals surface area (Å²) in [5.74, 6) is 4.51. The maximum absolute atomic E-state index is 13.0. The van der Waals surface area contributed by atoms with E-state index in [0.717, 1.165) is 9.13 Å². The Morgan fingerprint density at radius 1 is 1.13 bits per heavy atom. The van der Waals surface area contributed by atoms with Gasteiger partial charge in [-0.05, 0) is 77.9 Å². The number of carboxylic acids is 1. The summed E-state index contributed by atoms with van der Waals surface area (Å²) in [6.45, 7) is 3.65. The number of nitrogens with zero attached hydrogens (tertiary/aromatic N) is 1. The van der Waals surface area contributed by atoms with Crippen LogP contribution in [0, 0.1) is 29.3 Å². The molecule has 0 amide bonds. The fraction of sp³-hybridized carbons (Fsp3) is 0.0909. The second-order valence-corrected chi connectivity index (χ2v) is 9.48. The molecule has 0 spiro atoms. The molecule has 3 rings (SSSR count). The normalized spacial score (nSPS) is 10.8. The van der Waals surface area contributed by atoms with Crippen LogP contribution in [-0.2, 0) is 10.0 Å². The first-order valence-electron chi connectivity index (χ1n) is 8.98. The molecule has 0 saturated carbocycles. The molecule has 0 atom stereocenters. The fourth-order valence-electron chi connectivity index (χ4n) is 2.80. The van der Waals surface area contributed by atoms with Gasteiger partial charge < -0.3 is 10.8 Å². The van der Waals surface area contributed by atoms with Crippen LogP contribution in [0.15, 0.2) is 53.6 Å². The van der Waals surface area contributed by atoms with Crippen molar-refractivity contribution in [2.45, 2.75) is 18.7 Å². The van der Waals surface area contributed by atoms with E-state index in [4.69, 9.17) is 10.8 Å². The third kappa shape index (κ3) is 4.98. The lowest BCUT2D eigenvalue weighted by atomic mass is 10.1. The number of nitrogens with two attached hydrogens (primary N) is 1. The van der Waals surface area contributed by atoms with Crippen molar-refractivity contribution in [1.29, 1.82) is 0 Å². The summed E-state index contributed by atoms with van der Waals surface area (Å²) in [5, 5.41) is 9.01. The number of sulfonamides is 1. The van der Waals surface area contributed by atoms with Gasteiger partial charge in [-0.2, -0.15) is 0 Å². The van der Waals surface area contributed by atoms with Crippen LogP contribution in [0.1, 0.15) is 32.7 Å². The van der Waals surface area contributed by atoms with Crippen LogP contribution in [0.25, 0.3) is 0 Å². The van der Waals surface area contributed by atoms with Crippen molar-refractivity contribution in [2.75, 3.05) is 10.5 Å². The van der Waals surface area contributed by atoms with Crippen LogP contribution in [-0.4, -0.2) is 24.5 Å². The fourth-order valence-corrected chi connectivity index (χ4v) is 4.77. The molecule has 3 aromatic rings. The highest BCUT2D eigenvalue weighted by atomic mass is 127. The largest absolute Gasteiger partial charge is 0.476 e. The molecule has 0 aliphatic rings. The number of hydrogen-bond acceptors (Lipinski definition) is 5. The molecular weight excluding hydrogens is 529 g/mol. The zero-order valence-electron chi connectivity index (χ0n) is 16.6. The molecule has 0 aliphatic carbocycles. The molecule has 31 heavy (non-hydrogen) atoms. The SMILES string of the molecule is Cc1c(I)ccc(S(=O)(=O)Nc2ccccc2C#Cc2cnc(C(=O)O)c(N)c2)c1C. The Bertz CT molecular complexity index is 1360. The highest BCUT2D eigenvalue weighted by Crippen LogP contribution is 2.26. The predicted molar refractivity (Wildman–Crippen MR) is 127 cm³/mol. The second-order valence-electron chi connectivity index (χ2n) is 6.66. The van der Waals surface area contributed by atoms with E-state index < -0.39 is 16.0 Å². The minimum Gasteiger partial charge on any atom is -0.476 e. The van der Waals surface area contributed by atoms with E-state index in [9.17, 15) is 13.2 Å². The molecular formula is C22H18IN3O4S. The second kappa shape index (κ2) is 8.95. The van der Waals surface area contributed by atoms with Gasteiger partial charge in [-0.3, -0.25) is 4.72 Å². The number of hydrogen-bond donors (Lipinski definition) is 3. The van der Waals surface area contributed by atoms with Crippen molar-refractivity contribution in [3.8, 4) is 11.8 Å². The number of rotatable bonds is 4. The van der Waals surface area contributed by atoms with Crippen LogP contribution < -0.4 is 10.5 Å². The number of halogens is 1. The lowest BCUT2D eigenvalue weighted by Gasteiger charge is -2.14. The average Bonchev–Trinajstić information content (AvgIpc) is 2.70. The molecule has 0 radical (unpaired) electrons. The van der Waals surface area contributed by atoms with Crippen LogP contribution in [0.4, 0.5) is 11.4 Å². The molecule has 4 N–H and O–H groups in total. The van der Waals surface area contributed by atoms with Crippen LogP contribution in [0.5, 0.6) is 0 Å². The first kappa shape index (κ1) is 22.6. The van der Waals surface area contributed by atoms with Crippen molar-refractivity contribution in [1.82, 2.24) is 4.98 Å². The molecule has 0 saturated heterocycles. The summed E-state index contributed by atoms with van der Waals surface area (Å²) in [6.07, 6.45) is 1.30. The van der Waals surface area contributed by atoms with Gasteiger partial charge in [-0.15, -0.1) is 0 Å². The highest BCUT2D eigenvalue weighted by molar-refractivity contribution is 14.1. The molecule has 1 heterocycles. The molecule has 1 aromatic heterocycles. The third-order valence-corrected chi connectivity index (χ3v) is 7.27. The van der Waals surface area contributed by atoms with Crippen LogP contribution >= 0.6 is 22.6 Å². The van der Waals surface area contributed by atoms with E-state index in [2.05, 4.69) is 44.1 Å². The van der Waals surface area contributed by atoms with Gasteiger partial charge in [0.2, 0.25) is 0 Å². The molecule has 0 bridgehead atoms. The Labute approximate surface area is 193 Å². The average molecular weight is 547 g/mol. The lowest BCUT2D eigenvalue weighted by Crippen LogP contribution is -2.15. The summed E-state index contributed by atoms with van der Waals surface area (Å²) >= 11 is 2.17. The van der Waals surface area contributed by atoms with Crippen LogP contribution in [0.3, 0.4) is 0 Å². The molecule has 7 nitrogen and oxygen atoms in total. The van der Waals surface area contributed by atoms with Crippen LogP contribution in [0.2, 0.25) is 0 Å². The van der Waals surface area contributed by atoms with E-state index in [1.807, 2.05) is 6.92 Å². The van der Waals surface area contributed by atoms with Gasteiger partial charge in [-0.1, -0.05) is 24.0 Å². The van der Waals surface area contributed by atoms with E-state index in [1.165, 1.54) is 12.3 Å². The Morgan fingerprint density at radius 2 is 1.84 bits per heavy atom. The van der Waals surface area contributed by atoms with Crippen molar-refractivity contribution < 1.29 is 18.3 Å². The number of aromatic nitrogens is 1. The number of carboxylic acid groups (broad SMARTS) is 1. The number of pyridine rings is 1. The quantitative estimate of drug-likeness (QED) is 0.338. The van der Waals surface area contributed by atoms with Gasteiger partial charge in [-0.25, -0.2) is 18.2 Å². The van der Waals surface area contributed by atoms with E-state index in [0.29, 0.717) is 22.4 Å². The number of nitrogen functional groups attached to an aromatic ring is 1. The third-order valence-electron chi connectivity index (χ3n) is 4.59.